The molecule has 6 nitrogen and oxygen atoms in total. The number of halogens is 2. The van der Waals surface area contributed by atoms with Crippen LogP contribution in [0.2, 0.25) is 0 Å². The lowest BCUT2D eigenvalue weighted by molar-refractivity contribution is -0.118. The molecule has 1 atom stereocenters. The van der Waals surface area contributed by atoms with Crippen LogP contribution in [0.4, 0.5) is 8.78 Å². The van der Waals surface area contributed by atoms with Crippen molar-refractivity contribution in [2.24, 2.45) is 5.73 Å². The largest absolute Gasteiger partial charge is 0.502 e. The predicted molar refractivity (Wildman–Crippen MR) is 97.8 cm³/mol. The molecule has 1 aliphatic rings. The first kappa shape index (κ1) is 20.0. The zero-order valence-electron chi connectivity index (χ0n) is 15.3. The summed E-state index contributed by atoms with van der Waals surface area (Å²) in [5.74, 6) is -4.43. The first-order chi connectivity index (χ1) is 13.3. The molecule has 2 heterocycles. The molecule has 0 saturated carbocycles. The van der Waals surface area contributed by atoms with Gasteiger partial charge in [-0.2, -0.15) is 0 Å². The highest BCUT2D eigenvalue weighted by Crippen LogP contribution is 2.33. The fourth-order valence-corrected chi connectivity index (χ4v) is 3.50. The summed E-state index contributed by atoms with van der Waals surface area (Å²) >= 11 is 0. The fourth-order valence-electron chi connectivity index (χ4n) is 3.50. The average Bonchev–Trinajstić information content (AvgIpc) is 2.66. The number of carbonyl (C=O) groups is 1. The van der Waals surface area contributed by atoms with Crippen LogP contribution in [0.5, 0.6) is 5.75 Å². The van der Waals surface area contributed by atoms with Gasteiger partial charge in [-0.3, -0.25) is 14.5 Å². The molecule has 0 radical (unpaired) electrons. The number of nitrogens with two attached hydrogens (primary N) is 1. The van der Waals surface area contributed by atoms with Crippen molar-refractivity contribution in [3.05, 3.63) is 63.2 Å². The molecule has 1 fully saturated rings. The lowest BCUT2D eigenvalue weighted by atomic mass is 9.91. The standard InChI is InChI=1S/C20H22F2N2O4/c21-15-5-4-12(8-16(15)22)14(10-18(23)26)20-19(27)17(25)9-13(28-20)11-24-6-2-1-3-7-24/h4-5,8-9,14,27H,1-3,6-7,10-11H2,(H2,23,26)/t14-/m0/s1. The van der Waals surface area contributed by atoms with Crippen molar-refractivity contribution in [3.63, 3.8) is 0 Å². The molecule has 28 heavy (non-hydrogen) atoms. The Morgan fingerprint density at radius 3 is 2.54 bits per heavy atom. The van der Waals surface area contributed by atoms with E-state index in [1.807, 2.05) is 0 Å². The maximum absolute atomic E-state index is 13.7. The smallest absolute Gasteiger partial charge is 0.227 e. The van der Waals surface area contributed by atoms with Crippen LogP contribution >= 0.6 is 0 Å². The molecular weight excluding hydrogens is 370 g/mol. The lowest BCUT2D eigenvalue weighted by Crippen LogP contribution is -2.29. The number of piperidine rings is 1. The first-order valence-corrected chi connectivity index (χ1v) is 9.16. The summed E-state index contributed by atoms with van der Waals surface area (Å²) < 4.78 is 32.8. The van der Waals surface area contributed by atoms with Crippen LogP contribution in [-0.2, 0) is 11.3 Å². The number of hydrogen-bond donors (Lipinski definition) is 2. The molecule has 1 aromatic heterocycles. The van der Waals surface area contributed by atoms with Gasteiger partial charge in [0.1, 0.15) is 5.76 Å². The van der Waals surface area contributed by atoms with Gasteiger partial charge in [0.25, 0.3) is 0 Å². The van der Waals surface area contributed by atoms with Crippen LogP contribution in [0.3, 0.4) is 0 Å². The van der Waals surface area contributed by atoms with Crippen LogP contribution in [-0.4, -0.2) is 29.0 Å². The van der Waals surface area contributed by atoms with Crippen LogP contribution in [0, 0.1) is 11.6 Å². The van der Waals surface area contributed by atoms with Gasteiger partial charge in [0.2, 0.25) is 17.1 Å². The van der Waals surface area contributed by atoms with Gasteiger partial charge in [-0.05, 0) is 43.6 Å². The predicted octanol–water partition coefficient (Wildman–Crippen LogP) is 2.62. The molecule has 2 aromatic rings. The highest BCUT2D eigenvalue weighted by molar-refractivity contribution is 5.75. The molecule has 3 N–H and O–H groups in total. The molecule has 1 aromatic carbocycles. The van der Waals surface area contributed by atoms with Gasteiger partial charge in [-0.1, -0.05) is 12.5 Å². The molecule has 0 bridgehead atoms. The molecule has 0 spiro atoms. The van der Waals surface area contributed by atoms with E-state index in [9.17, 15) is 23.5 Å². The molecule has 1 aliphatic heterocycles. The van der Waals surface area contributed by atoms with Gasteiger partial charge in [-0.25, -0.2) is 8.78 Å². The van der Waals surface area contributed by atoms with E-state index in [4.69, 9.17) is 10.2 Å². The second-order valence-corrected chi connectivity index (χ2v) is 7.02. The first-order valence-electron chi connectivity index (χ1n) is 9.16. The number of primary amides is 1. The number of rotatable bonds is 6. The second kappa shape index (κ2) is 8.52. The molecule has 0 aliphatic carbocycles. The third-order valence-corrected chi connectivity index (χ3v) is 4.90. The van der Waals surface area contributed by atoms with Gasteiger partial charge < -0.3 is 15.3 Å². The Hall–Kier alpha value is -2.74. The summed E-state index contributed by atoms with van der Waals surface area (Å²) in [4.78, 5) is 25.9. The minimum absolute atomic E-state index is 0.172. The van der Waals surface area contributed by atoms with Crippen molar-refractivity contribution in [3.8, 4) is 5.75 Å². The second-order valence-electron chi connectivity index (χ2n) is 7.02. The molecule has 8 heteroatoms. The van der Waals surface area contributed by atoms with E-state index >= 15 is 0 Å². The fraction of sp³-hybridized carbons (Fsp3) is 0.400. The summed E-state index contributed by atoms with van der Waals surface area (Å²) in [5, 5.41) is 10.3. The normalized spacial score (nSPS) is 16.1. The zero-order chi connectivity index (χ0) is 20.3. The van der Waals surface area contributed by atoms with Crippen molar-refractivity contribution >= 4 is 5.91 Å². The third-order valence-electron chi connectivity index (χ3n) is 4.90. The number of carbonyl (C=O) groups excluding carboxylic acids is 1. The topological polar surface area (TPSA) is 96.8 Å². The van der Waals surface area contributed by atoms with Crippen LogP contribution in [0.1, 0.15) is 48.7 Å². The maximum atomic E-state index is 13.7. The van der Waals surface area contributed by atoms with Gasteiger partial charge >= 0.3 is 0 Å². The third kappa shape index (κ3) is 4.56. The molecule has 150 valence electrons. The minimum atomic E-state index is -1.11. The van der Waals surface area contributed by atoms with Crippen molar-refractivity contribution in [1.82, 2.24) is 4.90 Å². The average molecular weight is 392 g/mol. The van der Waals surface area contributed by atoms with Gasteiger partial charge in [0.15, 0.2) is 17.4 Å². The summed E-state index contributed by atoms with van der Waals surface area (Å²) in [7, 11) is 0. The minimum Gasteiger partial charge on any atom is -0.502 e. The van der Waals surface area contributed by atoms with E-state index in [-0.39, 0.29) is 17.7 Å². The number of amides is 1. The van der Waals surface area contributed by atoms with E-state index in [2.05, 4.69) is 4.90 Å². The number of likely N-dealkylation sites (tertiary alicyclic amines) is 1. The lowest BCUT2D eigenvalue weighted by Gasteiger charge is -2.26. The quantitative estimate of drug-likeness (QED) is 0.788. The van der Waals surface area contributed by atoms with Gasteiger partial charge in [0, 0.05) is 12.5 Å². The van der Waals surface area contributed by atoms with E-state index in [1.165, 1.54) is 12.1 Å². The highest BCUT2D eigenvalue weighted by Gasteiger charge is 2.26. The zero-order valence-corrected chi connectivity index (χ0v) is 15.3. The molecule has 3 rings (SSSR count). The summed E-state index contributed by atoms with van der Waals surface area (Å²) in [6.07, 6.45) is 2.91. The van der Waals surface area contributed by atoms with Crippen molar-refractivity contribution in [2.75, 3.05) is 13.1 Å². The number of nitrogens with zero attached hydrogens (tertiary/aromatic N) is 1. The number of benzene rings is 1. The SMILES string of the molecule is NC(=O)C[C@@H](c1ccc(F)c(F)c1)c1oc(CN2CCCCC2)cc(=O)c1O. The molecule has 0 unspecified atom stereocenters. The van der Waals surface area contributed by atoms with Gasteiger partial charge in [0.05, 0.1) is 12.5 Å². The molecular formula is C20H22F2N2O4. The summed E-state index contributed by atoms with van der Waals surface area (Å²) in [5.41, 5.74) is 4.81. The Morgan fingerprint density at radius 1 is 1.18 bits per heavy atom. The highest BCUT2D eigenvalue weighted by atomic mass is 19.2. The van der Waals surface area contributed by atoms with E-state index in [0.717, 1.165) is 44.5 Å². The Kier molecular flexibility index (Phi) is 6.08. The van der Waals surface area contributed by atoms with Crippen LogP contribution in [0.25, 0.3) is 0 Å². The molecule has 1 saturated heterocycles. The summed E-state index contributed by atoms with van der Waals surface area (Å²) in [6.45, 7) is 2.12. The Labute approximate surface area is 160 Å². The molecule has 1 amide bonds. The van der Waals surface area contributed by atoms with E-state index in [0.29, 0.717) is 12.3 Å². The summed E-state index contributed by atoms with van der Waals surface area (Å²) in [6, 6.07) is 4.29. The van der Waals surface area contributed by atoms with E-state index < -0.39 is 34.6 Å². The van der Waals surface area contributed by atoms with Crippen molar-refractivity contribution in [1.29, 1.82) is 0 Å². The van der Waals surface area contributed by atoms with E-state index in [1.54, 1.807) is 0 Å². The number of aromatic hydroxyl groups is 1. The van der Waals surface area contributed by atoms with Crippen LogP contribution in [0.15, 0.2) is 33.5 Å². The monoisotopic (exact) mass is 392 g/mol. The number of hydrogen-bond acceptors (Lipinski definition) is 5. The Balaban J connectivity index is 2.01. The van der Waals surface area contributed by atoms with Gasteiger partial charge in [-0.15, -0.1) is 0 Å². The van der Waals surface area contributed by atoms with Crippen molar-refractivity contribution < 1.29 is 23.1 Å². The van der Waals surface area contributed by atoms with Crippen molar-refractivity contribution in [2.45, 2.75) is 38.1 Å². The van der Waals surface area contributed by atoms with Crippen LogP contribution < -0.4 is 11.2 Å². The Bertz CT molecular complexity index is 923. The Morgan fingerprint density at radius 2 is 1.89 bits per heavy atom. The maximum Gasteiger partial charge on any atom is 0.227 e.